The van der Waals surface area contributed by atoms with Crippen LogP contribution < -0.4 is 15.4 Å². The van der Waals surface area contributed by atoms with Gasteiger partial charge in [-0.3, -0.25) is 4.79 Å². The Morgan fingerprint density at radius 1 is 0.900 bits per heavy atom. The summed E-state index contributed by atoms with van der Waals surface area (Å²) < 4.78 is 43.1. The molecule has 0 aliphatic heterocycles. The first kappa shape index (κ1) is 21.4. The number of para-hydroxylation sites is 1. The minimum Gasteiger partial charge on any atom is -0.435 e. The Kier molecular flexibility index (Phi) is 7.08. The lowest BCUT2D eigenvalue weighted by atomic mass is 9.97. The Balaban J connectivity index is 1.79. The molecule has 1 amide bonds. The van der Waals surface area contributed by atoms with Crippen molar-refractivity contribution in [3.63, 3.8) is 0 Å². The second kappa shape index (κ2) is 9.93. The number of hydrogen-bond acceptors (Lipinski definition) is 2. The highest BCUT2D eigenvalue weighted by molar-refractivity contribution is 5.93. The van der Waals surface area contributed by atoms with E-state index < -0.39 is 18.5 Å². The van der Waals surface area contributed by atoms with Gasteiger partial charge in [0.25, 0.3) is 5.91 Å². The zero-order valence-corrected chi connectivity index (χ0v) is 16.3. The number of rotatable bonds is 8. The molecule has 0 saturated carbocycles. The number of anilines is 1. The smallest absolute Gasteiger partial charge is 0.387 e. The Bertz CT molecular complexity index is 966. The molecule has 3 aromatic rings. The molecule has 3 N–H and O–H groups in total. The normalized spacial score (nSPS) is 13.0. The van der Waals surface area contributed by atoms with Crippen molar-refractivity contribution >= 4 is 11.6 Å². The molecule has 156 valence electrons. The number of carbonyl (C=O) groups excluding carboxylic acids is 1. The molecular weight excluding hydrogens is 393 g/mol. The van der Waals surface area contributed by atoms with E-state index in [1.165, 1.54) is 24.3 Å². The van der Waals surface area contributed by atoms with Crippen LogP contribution in [-0.2, 0) is 4.79 Å². The summed E-state index contributed by atoms with van der Waals surface area (Å²) in [6.45, 7) is -1.17. The quantitative estimate of drug-likeness (QED) is 0.582. The number of quaternary nitrogens is 1. The van der Waals surface area contributed by atoms with Crippen molar-refractivity contribution in [2.24, 2.45) is 0 Å². The molecule has 0 aliphatic carbocycles. The summed E-state index contributed by atoms with van der Waals surface area (Å²) in [5.41, 5.74) is 1.87. The Hall–Kier alpha value is -3.32. The number of ether oxygens (including phenoxy) is 1. The average molecular weight is 415 g/mol. The molecule has 0 spiro atoms. The van der Waals surface area contributed by atoms with Gasteiger partial charge in [-0.1, -0.05) is 42.5 Å². The van der Waals surface area contributed by atoms with E-state index in [9.17, 15) is 18.0 Å². The first-order valence-corrected chi connectivity index (χ1v) is 9.44. The van der Waals surface area contributed by atoms with Gasteiger partial charge in [-0.15, -0.1) is 0 Å². The van der Waals surface area contributed by atoms with E-state index in [1.807, 2.05) is 35.6 Å². The predicted octanol–water partition coefficient (Wildman–Crippen LogP) is 4.11. The summed E-state index contributed by atoms with van der Waals surface area (Å²) in [5.74, 6) is -0.795. The SMILES string of the molecule is C[C@@H]([NH2+][C@@H](c1ccccc1)c1ccc(OC(F)F)cc1)C(=O)Nc1ccccc1F. The topological polar surface area (TPSA) is 54.9 Å². The minimum atomic E-state index is -2.89. The molecular formula is C23H22F3N2O2+. The molecule has 4 nitrogen and oxygen atoms in total. The van der Waals surface area contributed by atoms with E-state index in [2.05, 4.69) is 10.1 Å². The van der Waals surface area contributed by atoms with Crippen molar-refractivity contribution in [2.45, 2.75) is 25.6 Å². The zero-order valence-electron chi connectivity index (χ0n) is 16.3. The lowest BCUT2D eigenvalue weighted by molar-refractivity contribution is -0.704. The summed E-state index contributed by atoms with van der Waals surface area (Å²) in [6, 6.07) is 21.0. The van der Waals surface area contributed by atoms with Gasteiger partial charge in [0.15, 0.2) is 6.04 Å². The number of amides is 1. The van der Waals surface area contributed by atoms with Crippen LogP contribution in [0.15, 0.2) is 78.9 Å². The maximum atomic E-state index is 13.8. The number of hydrogen-bond donors (Lipinski definition) is 2. The second-order valence-corrected chi connectivity index (χ2v) is 6.79. The molecule has 0 radical (unpaired) electrons. The van der Waals surface area contributed by atoms with Gasteiger partial charge < -0.3 is 15.4 Å². The van der Waals surface area contributed by atoms with E-state index in [0.29, 0.717) is 0 Å². The fourth-order valence-electron chi connectivity index (χ4n) is 3.12. The summed E-state index contributed by atoms with van der Waals surface area (Å²) >= 11 is 0. The van der Waals surface area contributed by atoms with Gasteiger partial charge in [0, 0.05) is 11.1 Å². The fourth-order valence-corrected chi connectivity index (χ4v) is 3.12. The predicted molar refractivity (Wildman–Crippen MR) is 108 cm³/mol. The molecule has 0 aromatic heterocycles. The van der Waals surface area contributed by atoms with Gasteiger partial charge in [0.2, 0.25) is 0 Å². The summed E-state index contributed by atoms with van der Waals surface area (Å²) in [4.78, 5) is 12.6. The van der Waals surface area contributed by atoms with Crippen molar-refractivity contribution < 1.29 is 28.0 Å². The van der Waals surface area contributed by atoms with Gasteiger partial charge in [0.05, 0.1) is 5.69 Å². The number of alkyl halides is 2. The molecule has 3 rings (SSSR count). The number of nitrogens with two attached hydrogens (primary N) is 1. The highest BCUT2D eigenvalue weighted by atomic mass is 19.3. The molecule has 0 fully saturated rings. The third-order valence-electron chi connectivity index (χ3n) is 4.65. The molecule has 30 heavy (non-hydrogen) atoms. The number of halogens is 3. The third kappa shape index (κ3) is 5.61. The van der Waals surface area contributed by atoms with Crippen LogP contribution in [0.5, 0.6) is 5.75 Å². The largest absolute Gasteiger partial charge is 0.435 e. The molecule has 7 heteroatoms. The van der Waals surface area contributed by atoms with E-state index in [4.69, 9.17) is 0 Å². The molecule has 0 saturated heterocycles. The first-order chi connectivity index (χ1) is 14.4. The van der Waals surface area contributed by atoms with E-state index >= 15 is 0 Å². The number of nitrogens with one attached hydrogen (secondary N) is 1. The molecule has 0 bridgehead atoms. The van der Waals surface area contributed by atoms with Crippen LogP contribution in [0.1, 0.15) is 24.1 Å². The van der Waals surface area contributed by atoms with Crippen molar-refractivity contribution in [3.05, 3.63) is 95.8 Å². The van der Waals surface area contributed by atoms with Crippen molar-refractivity contribution in [1.82, 2.24) is 0 Å². The van der Waals surface area contributed by atoms with Gasteiger partial charge in [-0.05, 0) is 43.3 Å². The fraction of sp³-hybridized carbons (Fsp3) is 0.174. The van der Waals surface area contributed by atoms with Crippen LogP contribution in [0.4, 0.5) is 18.9 Å². The Labute approximate surface area is 172 Å². The zero-order chi connectivity index (χ0) is 21.5. The van der Waals surface area contributed by atoms with Crippen molar-refractivity contribution in [3.8, 4) is 5.75 Å². The van der Waals surface area contributed by atoms with Gasteiger partial charge in [-0.25, -0.2) is 4.39 Å². The van der Waals surface area contributed by atoms with Gasteiger partial charge in [0.1, 0.15) is 17.6 Å². The van der Waals surface area contributed by atoms with Crippen LogP contribution in [0.2, 0.25) is 0 Å². The van der Waals surface area contributed by atoms with Crippen LogP contribution in [0.25, 0.3) is 0 Å². The molecule has 3 aromatic carbocycles. The minimum absolute atomic E-state index is 0.0610. The van der Waals surface area contributed by atoms with Crippen LogP contribution in [0.3, 0.4) is 0 Å². The second-order valence-electron chi connectivity index (χ2n) is 6.79. The van der Waals surface area contributed by atoms with Crippen LogP contribution >= 0.6 is 0 Å². The number of carbonyl (C=O) groups is 1. The molecule has 0 aliphatic rings. The molecule has 0 unspecified atom stereocenters. The molecule has 2 atom stereocenters. The maximum Gasteiger partial charge on any atom is 0.387 e. The van der Waals surface area contributed by atoms with Crippen LogP contribution in [0, 0.1) is 5.82 Å². The van der Waals surface area contributed by atoms with Gasteiger partial charge >= 0.3 is 6.61 Å². The highest BCUT2D eigenvalue weighted by Gasteiger charge is 2.25. The van der Waals surface area contributed by atoms with Crippen LogP contribution in [-0.4, -0.2) is 18.6 Å². The Morgan fingerprint density at radius 2 is 1.50 bits per heavy atom. The van der Waals surface area contributed by atoms with E-state index in [1.54, 1.807) is 31.2 Å². The summed E-state index contributed by atoms with van der Waals surface area (Å²) in [5, 5.41) is 4.44. The summed E-state index contributed by atoms with van der Waals surface area (Å²) in [7, 11) is 0. The Morgan fingerprint density at radius 3 is 2.13 bits per heavy atom. The molecule has 0 heterocycles. The lowest BCUT2D eigenvalue weighted by Gasteiger charge is -2.21. The standard InChI is InChI=1S/C23H21F3N2O2/c1-15(22(29)28-20-10-6-5-9-19(20)24)27-21(16-7-3-2-4-8-16)17-11-13-18(14-12-17)30-23(25)26/h2-15,21,23,27H,1H3,(H,28,29)/p+1/t15-,21+/m1/s1. The summed E-state index contributed by atoms with van der Waals surface area (Å²) in [6.07, 6.45) is 0. The van der Waals surface area contributed by atoms with Gasteiger partial charge in [-0.2, -0.15) is 8.78 Å². The average Bonchev–Trinajstić information content (AvgIpc) is 2.74. The van der Waals surface area contributed by atoms with E-state index in [-0.39, 0.29) is 23.4 Å². The van der Waals surface area contributed by atoms with Crippen molar-refractivity contribution in [1.29, 1.82) is 0 Å². The maximum absolute atomic E-state index is 13.8. The number of benzene rings is 3. The van der Waals surface area contributed by atoms with Crippen molar-refractivity contribution in [2.75, 3.05) is 5.32 Å². The first-order valence-electron chi connectivity index (χ1n) is 9.44. The highest BCUT2D eigenvalue weighted by Crippen LogP contribution is 2.22. The lowest BCUT2D eigenvalue weighted by Crippen LogP contribution is -2.92. The third-order valence-corrected chi connectivity index (χ3v) is 4.65. The monoisotopic (exact) mass is 415 g/mol. The van der Waals surface area contributed by atoms with E-state index in [0.717, 1.165) is 11.1 Å².